The lowest BCUT2D eigenvalue weighted by atomic mass is 10.1. The van der Waals surface area contributed by atoms with E-state index in [1.165, 1.54) is 35.6 Å². The first kappa shape index (κ1) is 19.7. The molecule has 0 unspecified atom stereocenters. The molecule has 3 aromatic carbocycles. The van der Waals surface area contributed by atoms with Crippen molar-refractivity contribution in [2.75, 3.05) is 12.4 Å². The topological polar surface area (TPSA) is 66.5 Å². The Morgan fingerprint density at radius 2 is 1.54 bits per heavy atom. The molecule has 0 saturated heterocycles. The fraction of sp³-hybridized carbons (Fsp3) is 0.0952. The normalized spacial score (nSPS) is 11.4. The molecular formula is C21H19FN2O3S. The van der Waals surface area contributed by atoms with Crippen LogP contribution in [0.2, 0.25) is 0 Å². The molecule has 0 aromatic heterocycles. The first-order valence-corrected chi connectivity index (χ1v) is 9.97. The van der Waals surface area contributed by atoms with Crippen LogP contribution in [-0.2, 0) is 16.6 Å². The zero-order valence-electron chi connectivity index (χ0n) is 15.2. The van der Waals surface area contributed by atoms with Crippen LogP contribution in [0.15, 0.2) is 83.8 Å². The maximum atomic E-state index is 12.9. The molecule has 28 heavy (non-hydrogen) atoms. The van der Waals surface area contributed by atoms with Gasteiger partial charge in [-0.15, -0.1) is 0 Å². The second-order valence-electron chi connectivity index (χ2n) is 6.23. The number of amides is 1. The van der Waals surface area contributed by atoms with E-state index in [1.807, 2.05) is 0 Å². The Kier molecular flexibility index (Phi) is 5.87. The quantitative estimate of drug-likeness (QED) is 0.685. The summed E-state index contributed by atoms with van der Waals surface area (Å²) in [5.41, 5.74) is 1.66. The zero-order chi connectivity index (χ0) is 20.1. The number of anilines is 1. The van der Waals surface area contributed by atoms with Gasteiger partial charge in [0.1, 0.15) is 5.82 Å². The molecule has 1 N–H and O–H groups in total. The number of benzene rings is 3. The van der Waals surface area contributed by atoms with Crippen LogP contribution >= 0.6 is 0 Å². The zero-order valence-corrected chi connectivity index (χ0v) is 16.0. The summed E-state index contributed by atoms with van der Waals surface area (Å²) in [6.07, 6.45) is 0. The molecule has 3 rings (SSSR count). The molecule has 0 aliphatic rings. The van der Waals surface area contributed by atoms with Gasteiger partial charge in [0.15, 0.2) is 0 Å². The molecule has 0 aliphatic carbocycles. The van der Waals surface area contributed by atoms with Crippen LogP contribution in [0.1, 0.15) is 15.9 Å². The Labute approximate surface area is 163 Å². The van der Waals surface area contributed by atoms with Gasteiger partial charge in [-0.25, -0.2) is 12.8 Å². The van der Waals surface area contributed by atoms with Crippen molar-refractivity contribution in [1.82, 2.24) is 4.31 Å². The third-order valence-corrected chi connectivity index (χ3v) is 5.99. The van der Waals surface area contributed by atoms with Crippen LogP contribution < -0.4 is 5.32 Å². The Bertz CT molecular complexity index is 1050. The monoisotopic (exact) mass is 398 g/mol. The van der Waals surface area contributed by atoms with E-state index < -0.39 is 10.0 Å². The van der Waals surface area contributed by atoms with Gasteiger partial charge in [-0.05, 0) is 54.1 Å². The number of hydrogen-bond donors (Lipinski definition) is 1. The third-order valence-electron chi connectivity index (χ3n) is 4.17. The van der Waals surface area contributed by atoms with Gasteiger partial charge in [-0.3, -0.25) is 4.79 Å². The summed E-state index contributed by atoms with van der Waals surface area (Å²) in [5.74, 6) is -0.708. The van der Waals surface area contributed by atoms with Crippen LogP contribution in [0.25, 0.3) is 0 Å². The molecule has 0 spiro atoms. The van der Waals surface area contributed by atoms with Crippen molar-refractivity contribution in [2.45, 2.75) is 11.4 Å². The van der Waals surface area contributed by atoms with Gasteiger partial charge in [-0.1, -0.05) is 30.3 Å². The number of carbonyl (C=O) groups is 1. The molecule has 0 atom stereocenters. The summed E-state index contributed by atoms with van der Waals surface area (Å²) >= 11 is 0. The van der Waals surface area contributed by atoms with Crippen molar-refractivity contribution in [3.63, 3.8) is 0 Å². The van der Waals surface area contributed by atoms with Crippen LogP contribution in [0.4, 0.5) is 10.1 Å². The highest BCUT2D eigenvalue weighted by atomic mass is 32.2. The van der Waals surface area contributed by atoms with Gasteiger partial charge in [0.05, 0.1) is 4.90 Å². The van der Waals surface area contributed by atoms with Gasteiger partial charge in [0, 0.05) is 24.8 Å². The minimum Gasteiger partial charge on any atom is -0.322 e. The molecule has 0 saturated carbocycles. The van der Waals surface area contributed by atoms with Crippen molar-refractivity contribution in [2.24, 2.45) is 0 Å². The van der Waals surface area contributed by atoms with E-state index in [2.05, 4.69) is 5.32 Å². The Morgan fingerprint density at radius 3 is 2.14 bits per heavy atom. The van der Waals surface area contributed by atoms with E-state index >= 15 is 0 Å². The van der Waals surface area contributed by atoms with E-state index in [-0.39, 0.29) is 23.2 Å². The summed E-state index contributed by atoms with van der Waals surface area (Å²) in [6, 6.07) is 20.4. The maximum Gasteiger partial charge on any atom is 0.255 e. The number of nitrogens with zero attached hydrogens (tertiary/aromatic N) is 1. The number of carbonyl (C=O) groups excluding carboxylic acids is 1. The van der Waals surface area contributed by atoms with E-state index in [9.17, 15) is 17.6 Å². The highest BCUT2D eigenvalue weighted by molar-refractivity contribution is 7.89. The van der Waals surface area contributed by atoms with Gasteiger partial charge in [-0.2, -0.15) is 4.31 Å². The average molecular weight is 398 g/mol. The first-order chi connectivity index (χ1) is 13.4. The third kappa shape index (κ3) is 4.62. The predicted molar refractivity (Wildman–Crippen MR) is 106 cm³/mol. The summed E-state index contributed by atoms with van der Waals surface area (Å²) in [5, 5.41) is 2.68. The summed E-state index contributed by atoms with van der Waals surface area (Å²) in [7, 11) is -2.07. The molecule has 7 heteroatoms. The fourth-order valence-electron chi connectivity index (χ4n) is 2.61. The molecule has 0 radical (unpaired) electrons. The standard InChI is InChI=1S/C21H19FN2O3S/c1-24(28(26,27)20-5-3-2-4-6-20)15-16-7-9-17(10-8-16)21(25)23-19-13-11-18(22)12-14-19/h2-14H,15H2,1H3,(H,23,25). The summed E-state index contributed by atoms with van der Waals surface area (Å²) in [6.45, 7) is 0.178. The summed E-state index contributed by atoms with van der Waals surface area (Å²) < 4.78 is 39.3. The molecule has 3 aromatic rings. The van der Waals surface area contributed by atoms with Crippen LogP contribution in [0.3, 0.4) is 0 Å². The molecule has 0 bridgehead atoms. The molecule has 0 heterocycles. The van der Waals surface area contributed by atoms with Crippen molar-refractivity contribution in [1.29, 1.82) is 0 Å². The Hall–Kier alpha value is -3.03. The number of hydrogen-bond acceptors (Lipinski definition) is 3. The highest BCUT2D eigenvalue weighted by Gasteiger charge is 2.20. The molecule has 5 nitrogen and oxygen atoms in total. The largest absolute Gasteiger partial charge is 0.322 e. The highest BCUT2D eigenvalue weighted by Crippen LogP contribution is 2.17. The van der Waals surface area contributed by atoms with Gasteiger partial charge >= 0.3 is 0 Å². The Morgan fingerprint density at radius 1 is 0.929 bits per heavy atom. The number of sulfonamides is 1. The van der Waals surface area contributed by atoms with E-state index in [1.54, 1.807) is 54.6 Å². The number of nitrogens with one attached hydrogen (secondary N) is 1. The van der Waals surface area contributed by atoms with Crippen LogP contribution in [0.5, 0.6) is 0 Å². The molecular weight excluding hydrogens is 379 g/mol. The van der Waals surface area contributed by atoms with Crippen LogP contribution in [0, 0.1) is 5.82 Å². The first-order valence-electron chi connectivity index (χ1n) is 8.53. The van der Waals surface area contributed by atoms with Gasteiger partial charge in [0.2, 0.25) is 10.0 Å². The van der Waals surface area contributed by atoms with Crippen molar-refractivity contribution < 1.29 is 17.6 Å². The fourth-order valence-corrected chi connectivity index (χ4v) is 3.79. The smallest absolute Gasteiger partial charge is 0.255 e. The maximum absolute atomic E-state index is 12.9. The van der Waals surface area contributed by atoms with E-state index in [0.29, 0.717) is 11.3 Å². The van der Waals surface area contributed by atoms with Crippen molar-refractivity contribution in [3.8, 4) is 0 Å². The molecule has 144 valence electrons. The number of halogens is 1. The predicted octanol–water partition coefficient (Wildman–Crippen LogP) is 3.90. The van der Waals surface area contributed by atoms with Crippen molar-refractivity contribution in [3.05, 3.63) is 95.8 Å². The van der Waals surface area contributed by atoms with Crippen LogP contribution in [-0.4, -0.2) is 25.7 Å². The SMILES string of the molecule is CN(Cc1ccc(C(=O)Nc2ccc(F)cc2)cc1)S(=O)(=O)c1ccccc1. The molecule has 0 aliphatic heterocycles. The van der Waals surface area contributed by atoms with E-state index in [0.717, 1.165) is 5.56 Å². The van der Waals surface area contributed by atoms with Crippen molar-refractivity contribution >= 4 is 21.6 Å². The Balaban J connectivity index is 1.67. The summed E-state index contributed by atoms with van der Waals surface area (Å²) in [4.78, 5) is 12.5. The van der Waals surface area contributed by atoms with Gasteiger partial charge in [0.25, 0.3) is 5.91 Å². The lowest BCUT2D eigenvalue weighted by Gasteiger charge is -2.17. The second kappa shape index (κ2) is 8.33. The van der Waals surface area contributed by atoms with Gasteiger partial charge < -0.3 is 5.32 Å². The lowest BCUT2D eigenvalue weighted by Crippen LogP contribution is -2.26. The lowest BCUT2D eigenvalue weighted by molar-refractivity contribution is 0.102. The second-order valence-corrected chi connectivity index (χ2v) is 8.28. The molecule has 0 fully saturated rings. The average Bonchev–Trinajstić information content (AvgIpc) is 2.71. The minimum atomic E-state index is -3.58. The minimum absolute atomic E-state index is 0.178. The number of rotatable bonds is 6. The van der Waals surface area contributed by atoms with E-state index in [4.69, 9.17) is 0 Å². The molecule has 1 amide bonds.